The predicted octanol–water partition coefficient (Wildman–Crippen LogP) is 3.66. The van der Waals surface area contributed by atoms with E-state index < -0.39 is 5.97 Å². The van der Waals surface area contributed by atoms with Crippen molar-refractivity contribution in [3.8, 4) is 0 Å². The van der Waals surface area contributed by atoms with Gasteiger partial charge in [-0.15, -0.1) is 11.3 Å². The topological polar surface area (TPSA) is 75.3 Å². The molecule has 0 aliphatic rings. The number of ether oxygens (including phenoxy) is 1. The minimum Gasteiger partial charge on any atom is -0.462 e. The Hall–Kier alpha value is -2.51. The van der Waals surface area contributed by atoms with E-state index in [1.54, 1.807) is 13.8 Å². The predicted molar refractivity (Wildman–Crippen MR) is 107 cm³/mol. The summed E-state index contributed by atoms with van der Waals surface area (Å²) < 4.78 is 5.08. The van der Waals surface area contributed by atoms with E-state index in [-0.39, 0.29) is 11.6 Å². The number of aromatic nitrogens is 2. The summed E-state index contributed by atoms with van der Waals surface area (Å²) in [5.41, 5.74) is 1.59. The van der Waals surface area contributed by atoms with E-state index in [1.165, 1.54) is 16.9 Å². The first-order chi connectivity index (χ1) is 12.9. The SMILES string of the molecule is CCOC(=O)c1sc2nc([C@H](C)N(C)Cc3ccccc3)[nH]c(=O)c2c1C. The average molecular weight is 385 g/mol. The molecule has 1 aromatic carbocycles. The number of aryl methyl sites for hydroxylation is 1. The van der Waals surface area contributed by atoms with Gasteiger partial charge < -0.3 is 9.72 Å². The van der Waals surface area contributed by atoms with E-state index >= 15 is 0 Å². The number of H-pyrrole nitrogens is 1. The molecule has 27 heavy (non-hydrogen) atoms. The fourth-order valence-electron chi connectivity index (χ4n) is 2.97. The first-order valence-corrected chi connectivity index (χ1v) is 9.68. The maximum absolute atomic E-state index is 12.6. The molecule has 0 bridgehead atoms. The number of esters is 1. The van der Waals surface area contributed by atoms with Crippen LogP contribution in [0.5, 0.6) is 0 Å². The molecule has 2 heterocycles. The van der Waals surface area contributed by atoms with E-state index in [2.05, 4.69) is 27.0 Å². The Bertz CT molecular complexity index is 1010. The molecule has 7 heteroatoms. The Morgan fingerprint density at radius 2 is 2.04 bits per heavy atom. The summed E-state index contributed by atoms with van der Waals surface area (Å²) in [7, 11) is 1.99. The van der Waals surface area contributed by atoms with Gasteiger partial charge in [0.05, 0.1) is 18.0 Å². The third kappa shape index (κ3) is 3.94. The number of rotatable bonds is 6. The van der Waals surface area contributed by atoms with Crippen LogP contribution in [0.2, 0.25) is 0 Å². The zero-order valence-electron chi connectivity index (χ0n) is 15.9. The summed E-state index contributed by atoms with van der Waals surface area (Å²) in [6.45, 7) is 6.55. The second-order valence-electron chi connectivity index (χ2n) is 6.48. The van der Waals surface area contributed by atoms with Gasteiger partial charge >= 0.3 is 5.97 Å². The molecule has 3 aromatic rings. The number of hydrogen-bond donors (Lipinski definition) is 1. The molecule has 0 radical (unpaired) electrons. The van der Waals surface area contributed by atoms with Crippen LogP contribution in [0.25, 0.3) is 10.2 Å². The van der Waals surface area contributed by atoms with Crippen molar-refractivity contribution >= 4 is 27.5 Å². The number of hydrogen-bond acceptors (Lipinski definition) is 6. The highest BCUT2D eigenvalue weighted by Crippen LogP contribution is 2.29. The fraction of sp³-hybridized carbons (Fsp3) is 0.350. The highest BCUT2D eigenvalue weighted by atomic mass is 32.1. The molecule has 2 aromatic heterocycles. The first kappa shape index (κ1) is 19.3. The molecule has 142 valence electrons. The normalized spacial score (nSPS) is 12.5. The number of benzene rings is 1. The molecular weight excluding hydrogens is 362 g/mol. The van der Waals surface area contributed by atoms with Gasteiger partial charge in [0.2, 0.25) is 0 Å². The lowest BCUT2D eigenvalue weighted by Crippen LogP contribution is -2.25. The van der Waals surface area contributed by atoms with Crippen molar-refractivity contribution in [1.29, 1.82) is 0 Å². The quantitative estimate of drug-likeness (QED) is 0.656. The molecule has 0 aliphatic carbocycles. The maximum Gasteiger partial charge on any atom is 0.348 e. The van der Waals surface area contributed by atoms with Crippen LogP contribution >= 0.6 is 11.3 Å². The molecule has 6 nitrogen and oxygen atoms in total. The van der Waals surface area contributed by atoms with Crippen LogP contribution < -0.4 is 5.56 Å². The number of nitrogens with zero attached hydrogens (tertiary/aromatic N) is 2. The number of thiophene rings is 1. The van der Waals surface area contributed by atoms with Crippen molar-refractivity contribution in [3.63, 3.8) is 0 Å². The second-order valence-corrected chi connectivity index (χ2v) is 7.48. The average Bonchev–Trinajstić information content (AvgIpc) is 2.99. The monoisotopic (exact) mass is 385 g/mol. The van der Waals surface area contributed by atoms with Gasteiger partial charge in [0.25, 0.3) is 5.56 Å². The van der Waals surface area contributed by atoms with Gasteiger partial charge in [-0.3, -0.25) is 9.69 Å². The number of carbonyl (C=O) groups excluding carboxylic acids is 1. The van der Waals surface area contributed by atoms with Crippen LogP contribution in [0, 0.1) is 6.92 Å². The highest BCUT2D eigenvalue weighted by molar-refractivity contribution is 7.20. The minimum atomic E-state index is -0.409. The zero-order valence-corrected chi connectivity index (χ0v) is 16.7. The molecule has 0 unspecified atom stereocenters. The third-order valence-corrected chi connectivity index (χ3v) is 5.78. The van der Waals surface area contributed by atoms with Gasteiger partial charge in [-0.1, -0.05) is 30.3 Å². The van der Waals surface area contributed by atoms with E-state index in [1.807, 2.05) is 32.2 Å². The van der Waals surface area contributed by atoms with Crippen molar-refractivity contribution in [2.75, 3.05) is 13.7 Å². The summed E-state index contributed by atoms with van der Waals surface area (Å²) >= 11 is 1.21. The van der Waals surface area contributed by atoms with Crippen molar-refractivity contribution in [2.45, 2.75) is 33.4 Å². The van der Waals surface area contributed by atoms with Crippen LogP contribution in [0.15, 0.2) is 35.1 Å². The van der Waals surface area contributed by atoms with Crippen LogP contribution in [-0.2, 0) is 11.3 Å². The Kier molecular flexibility index (Phi) is 5.72. The Morgan fingerprint density at radius 1 is 1.33 bits per heavy atom. The second kappa shape index (κ2) is 8.02. The molecule has 0 saturated heterocycles. The standard InChI is InChI=1S/C20H23N3O3S/c1-5-26-20(25)16-12(2)15-18(24)21-17(22-19(15)27-16)13(3)23(4)11-14-9-7-6-8-10-14/h6-10,13H,5,11H2,1-4H3,(H,21,22,24)/t13-/m0/s1. The Morgan fingerprint density at radius 3 is 2.70 bits per heavy atom. The number of fused-ring (bicyclic) bond motifs is 1. The zero-order chi connectivity index (χ0) is 19.6. The van der Waals surface area contributed by atoms with Gasteiger partial charge in [0, 0.05) is 6.54 Å². The third-order valence-electron chi connectivity index (χ3n) is 4.61. The Balaban J connectivity index is 1.93. The van der Waals surface area contributed by atoms with Gasteiger partial charge in [-0.25, -0.2) is 9.78 Å². The summed E-state index contributed by atoms with van der Waals surface area (Å²) in [5.74, 6) is 0.177. The van der Waals surface area contributed by atoms with Crippen LogP contribution in [-0.4, -0.2) is 34.5 Å². The molecule has 0 fully saturated rings. The van der Waals surface area contributed by atoms with E-state index in [0.717, 1.165) is 6.54 Å². The molecule has 3 rings (SSSR count). The Labute approximate surface area is 161 Å². The smallest absolute Gasteiger partial charge is 0.348 e. The van der Waals surface area contributed by atoms with Crippen molar-refractivity contribution in [1.82, 2.24) is 14.9 Å². The fourth-order valence-corrected chi connectivity index (χ4v) is 4.05. The molecular formula is C20H23N3O3S. The lowest BCUT2D eigenvalue weighted by atomic mass is 10.2. The van der Waals surface area contributed by atoms with E-state index in [9.17, 15) is 9.59 Å². The van der Waals surface area contributed by atoms with Crippen LogP contribution in [0.3, 0.4) is 0 Å². The van der Waals surface area contributed by atoms with Crippen molar-refractivity contribution in [3.05, 3.63) is 62.5 Å². The summed E-state index contributed by atoms with van der Waals surface area (Å²) in [6.07, 6.45) is 0. The summed E-state index contributed by atoms with van der Waals surface area (Å²) in [5, 5.41) is 0.463. The minimum absolute atomic E-state index is 0.0873. The molecule has 0 amide bonds. The molecule has 0 saturated carbocycles. The largest absolute Gasteiger partial charge is 0.462 e. The number of carbonyl (C=O) groups is 1. The highest BCUT2D eigenvalue weighted by Gasteiger charge is 2.22. The first-order valence-electron chi connectivity index (χ1n) is 8.87. The van der Waals surface area contributed by atoms with Crippen LogP contribution in [0.1, 0.15) is 46.5 Å². The molecule has 1 atom stereocenters. The van der Waals surface area contributed by atoms with Gasteiger partial charge in [-0.05, 0) is 38.9 Å². The molecule has 1 N–H and O–H groups in total. The lowest BCUT2D eigenvalue weighted by molar-refractivity contribution is 0.0531. The van der Waals surface area contributed by atoms with Crippen molar-refractivity contribution < 1.29 is 9.53 Å². The molecule has 0 aliphatic heterocycles. The van der Waals surface area contributed by atoms with Crippen molar-refractivity contribution in [2.24, 2.45) is 0 Å². The van der Waals surface area contributed by atoms with E-state index in [0.29, 0.717) is 33.1 Å². The maximum atomic E-state index is 12.6. The van der Waals surface area contributed by atoms with E-state index in [4.69, 9.17) is 4.74 Å². The summed E-state index contributed by atoms with van der Waals surface area (Å²) in [4.78, 5) is 35.4. The summed E-state index contributed by atoms with van der Waals surface area (Å²) in [6, 6.07) is 10.0. The van der Waals surface area contributed by atoms with Gasteiger partial charge in [0.15, 0.2) is 0 Å². The van der Waals surface area contributed by atoms with Gasteiger partial charge in [0.1, 0.15) is 15.5 Å². The van der Waals surface area contributed by atoms with Gasteiger partial charge in [-0.2, -0.15) is 0 Å². The number of nitrogens with one attached hydrogen (secondary N) is 1. The number of aromatic amines is 1. The molecule has 0 spiro atoms. The van der Waals surface area contributed by atoms with Crippen LogP contribution in [0.4, 0.5) is 0 Å². The lowest BCUT2D eigenvalue weighted by Gasteiger charge is -2.23.